The highest BCUT2D eigenvalue weighted by molar-refractivity contribution is 8.01. The molecule has 0 bridgehead atoms. The van der Waals surface area contributed by atoms with Crippen LogP contribution in [-0.2, 0) is 0 Å². The summed E-state index contributed by atoms with van der Waals surface area (Å²) in [5.74, 6) is -0.887. The monoisotopic (exact) mass is 319 g/mol. The van der Waals surface area contributed by atoms with Crippen molar-refractivity contribution < 1.29 is 9.90 Å². The average Bonchev–Trinajstić information content (AvgIpc) is 2.89. The molecule has 5 heteroatoms. The Bertz CT molecular complexity index is 681. The highest BCUT2D eigenvalue weighted by Crippen LogP contribution is 2.45. The predicted octanol–water partition coefficient (Wildman–Crippen LogP) is 4.79. The molecule has 1 unspecified atom stereocenters. The molecule has 0 saturated heterocycles. The van der Waals surface area contributed by atoms with Crippen molar-refractivity contribution in [3.8, 4) is 0 Å². The van der Waals surface area contributed by atoms with E-state index in [0.717, 1.165) is 17.7 Å². The fraction of sp³-hybridized carbons (Fsp3) is 0.312. The van der Waals surface area contributed by atoms with Gasteiger partial charge in [0.05, 0.1) is 15.8 Å². The molecule has 0 radical (unpaired) electrons. The number of benzene rings is 1. The van der Waals surface area contributed by atoms with E-state index in [4.69, 9.17) is 5.11 Å². The summed E-state index contributed by atoms with van der Waals surface area (Å²) in [5.41, 5.74) is 3.65. The van der Waals surface area contributed by atoms with Gasteiger partial charge in [-0.15, -0.1) is 23.1 Å². The van der Waals surface area contributed by atoms with Gasteiger partial charge in [-0.1, -0.05) is 13.0 Å². The Labute approximate surface area is 132 Å². The number of fused-ring (bicyclic) bond motifs is 1. The first-order chi connectivity index (χ1) is 10.0. The van der Waals surface area contributed by atoms with E-state index in [1.165, 1.54) is 9.77 Å². The molecule has 21 heavy (non-hydrogen) atoms. The first-order valence-electron chi connectivity index (χ1n) is 6.89. The van der Waals surface area contributed by atoms with Crippen LogP contribution < -0.4 is 5.32 Å². The second-order valence-corrected chi connectivity index (χ2v) is 7.98. The quantitative estimate of drug-likeness (QED) is 0.854. The van der Waals surface area contributed by atoms with E-state index in [1.807, 2.05) is 24.8 Å². The predicted molar refractivity (Wildman–Crippen MR) is 88.8 cm³/mol. The topological polar surface area (TPSA) is 49.3 Å². The Balaban J connectivity index is 1.91. The zero-order valence-electron chi connectivity index (χ0n) is 11.9. The molecule has 3 nitrogen and oxygen atoms in total. The van der Waals surface area contributed by atoms with Gasteiger partial charge >= 0.3 is 5.97 Å². The van der Waals surface area contributed by atoms with Crippen molar-refractivity contribution in [3.63, 3.8) is 0 Å². The molecular weight excluding hydrogens is 302 g/mol. The molecule has 2 atom stereocenters. The number of thiophene rings is 1. The minimum atomic E-state index is -0.887. The fourth-order valence-electron chi connectivity index (χ4n) is 2.58. The van der Waals surface area contributed by atoms with E-state index in [-0.39, 0.29) is 6.04 Å². The van der Waals surface area contributed by atoms with Crippen LogP contribution in [0.2, 0.25) is 0 Å². The number of rotatable bonds is 3. The SMILES string of the molecule is Cc1ccc(C(=O)O)cc1NC1C[C@H](C)Sc2sccc21. The number of thioether (sulfide) groups is 1. The fourth-order valence-corrected chi connectivity index (χ4v) is 5.15. The number of carbonyl (C=O) groups is 1. The van der Waals surface area contributed by atoms with Crippen LogP contribution in [0, 0.1) is 6.92 Å². The Hall–Kier alpha value is -1.46. The number of hydrogen-bond acceptors (Lipinski definition) is 4. The molecule has 0 fully saturated rings. The van der Waals surface area contributed by atoms with Crippen LogP contribution in [0.15, 0.2) is 33.9 Å². The Morgan fingerprint density at radius 2 is 2.19 bits per heavy atom. The summed E-state index contributed by atoms with van der Waals surface area (Å²) in [6, 6.07) is 7.67. The second-order valence-electron chi connectivity index (χ2n) is 5.36. The van der Waals surface area contributed by atoms with Crippen LogP contribution in [0.1, 0.15) is 40.9 Å². The van der Waals surface area contributed by atoms with Gasteiger partial charge in [0.25, 0.3) is 0 Å². The van der Waals surface area contributed by atoms with Gasteiger partial charge in [0.2, 0.25) is 0 Å². The Morgan fingerprint density at radius 1 is 1.38 bits per heavy atom. The first-order valence-corrected chi connectivity index (χ1v) is 8.65. The van der Waals surface area contributed by atoms with Crippen LogP contribution in [-0.4, -0.2) is 16.3 Å². The largest absolute Gasteiger partial charge is 0.478 e. The van der Waals surface area contributed by atoms with Gasteiger partial charge in [0.15, 0.2) is 0 Å². The summed E-state index contributed by atoms with van der Waals surface area (Å²) in [4.78, 5) is 11.1. The third kappa shape index (κ3) is 2.94. The van der Waals surface area contributed by atoms with E-state index >= 15 is 0 Å². The lowest BCUT2D eigenvalue weighted by molar-refractivity contribution is 0.0697. The minimum absolute atomic E-state index is 0.255. The summed E-state index contributed by atoms with van der Waals surface area (Å²) < 4.78 is 1.37. The normalized spacial score (nSPS) is 20.9. The van der Waals surface area contributed by atoms with Crippen molar-refractivity contribution in [1.29, 1.82) is 0 Å². The highest BCUT2D eigenvalue weighted by Gasteiger charge is 2.26. The molecule has 0 amide bonds. The lowest BCUT2D eigenvalue weighted by atomic mass is 10.0. The molecule has 1 aromatic heterocycles. The van der Waals surface area contributed by atoms with Crippen molar-refractivity contribution in [2.24, 2.45) is 0 Å². The third-order valence-corrected chi connectivity index (χ3v) is 6.07. The average molecular weight is 319 g/mol. The van der Waals surface area contributed by atoms with Crippen LogP contribution in [0.25, 0.3) is 0 Å². The Morgan fingerprint density at radius 3 is 2.95 bits per heavy atom. The van der Waals surface area contributed by atoms with E-state index < -0.39 is 5.97 Å². The molecule has 2 aromatic rings. The smallest absolute Gasteiger partial charge is 0.335 e. The van der Waals surface area contributed by atoms with Gasteiger partial charge in [-0.05, 0) is 48.1 Å². The molecule has 3 rings (SSSR count). The van der Waals surface area contributed by atoms with Crippen molar-refractivity contribution >= 4 is 34.8 Å². The number of carboxylic acid groups (broad SMARTS) is 1. The maximum Gasteiger partial charge on any atom is 0.335 e. The van der Waals surface area contributed by atoms with Crippen LogP contribution in [0.5, 0.6) is 0 Å². The number of carboxylic acids is 1. The Kier molecular flexibility index (Phi) is 3.95. The number of nitrogens with one attached hydrogen (secondary N) is 1. The van der Waals surface area contributed by atoms with E-state index in [9.17, 15) is 4.79 Å². The number of hydrogen-bond donors (Lipinski definition) is 2. The van der Waals surface area contributed by atoms with Crippen molar-refractivity contribution in [3.05, 3.63) is 46.3 Å². The van der Waals surface area contributed by atoms with Gasteiger partial charge in [-0.3, -0.25) is 0 Å². The van der Waals surface area contributed by atoms with E-state index in [2.05, 4.69) is 23.7 Å². The maximum absolute atomic E-state index is 11.1. The number of anilines is 1. The number of aryl methyl sites for hydroxylation is 1. The molecule has 0 saturated carbocycles. The van der Waals surface area contributed by atoms with Crippen LogP contribution in [0.4, 0.5) is 5.69 Å². The van der Waals surface area contributed by atoms with Gasteiger partial charge < -0.3 is 10.4 Å². The summed E-state index contributed by atoms with van der Waals surface area (Å²) in [6.45, 7) is 4.24. The van der Waals surface area contributed by atoms with Gasteiger partial charge in [0, 0.05) is 10.9 Å². The molecule has 110 valence electrons. The van der Waals surface area contributed by atoms with Gasteiger partial charge in [-0.25, -0.2) is 4.79 Å². The summed E-state index contributed by atoms with van der Waals surface area (Å²) in [5, 5.41) is 15.4. The van der Waals surface area contributed by atoms with E-state index in [1.54, 1.807) is 23.5 Å². The second kappa shape index (κ2) is 5.73. The highest BCUT2D eigenvalue weighted by atomic mass is 32.2. The molecule has 0 aliphatic carbocycles. The molecule has 0 spiro atoms. The number of aromatic carboxylic acids is 1. The molecule has 1 aromatic carbocycles. The first kappa shape index (κ1) is 14.5. The summed E-state index contributed by atoms with van der Waals surface area (Å²) >= 11 is 3.71. The zero-order chi connectivity index (χ0) is 15.0. The molecular formula is C16H17NO2S2. The molecule has 1 aliphatic heterocycles. The van der Waals surface area contributed by atoms with E-state index in [0.29, 0.717) is 10.8 Å². The maximum atomic E-state index is 11.1. The lowest BCUT2D eigenvalue weighted by Crippen LogP contribution is -2.19. The summed E-state index contributed by atoms with van der Waals surface area (Å²) in [7, 11) is 0. The van der Waals surface area contributed by atoms with Crippen molar-refractivity contribution in [2.75, 3.05) is 5.32 Å². The van der Waals surface area contributed by atoms with Crippen LogP contribution >= 0.6 is 23.1 Å². The third-order valence-electron chi connectivity index (χ3n) is 3.72. The molecule has 2 N–H and O–H groups in total. The lowest BCUT2D eigenvalue weighted by Gasteiger charge is -2.29. The van der Waals surface area contributed by atoms with Crippen LogP contribution in [0.3, 0.4) is 0 Å². The molecule has 1 aliphatic rings. The van der Waals surface area contributed by atoms with Gasteiger partial charge in [0.1, 0.15) is 0 Å². The van der Waals surface area contributed by atoms with Crippen molar-refractivity contribution in [2.45, 2.75) is 35.8 Å². The standard InChI is InChI=1S/C16H17NO2S2/c1-9-3-4-11(15(18)19)8-13(9)17-14-7-10(2)21-16-12(14)5-6-20-16/h3-6,8,10,14,17H,7H2,1-2H3,(H,18,19)/t10-,14?/m0/s1. The van der Waals surface area contributed by atoms with Gasteiger partial charge in [-0.2, -0.15) is 0 Å². The summed E-state index contributed by atoms with van der Waals surface area (Å²) in [6.07, 6.45) is 1.05. The minimum Gasteiger partial charge on any atom is -0.478 e. The zero-order valence-corrected chi connectivity index (χ0v) is 13.6. The molecule has 2 heterocycles. The van der Waals surface area contributed by atoms with Crippen molar-refractivity contribution in [1.82, 2.24) is 0 Å².